The molecule has 9 rings (SSSR count). The molecule has 0 aliphatic rings. The van der Waals surface area contributed by atoms with Gasteiger partial charge in [0.15, 0.2) is 0 Å². The Morgan fingerprint density at radius 1 is 0.260 bits per heavy atom. The zero-order valence-electron chi connectivity index (χ0n) is 27.5. The van der Waals surface area contributed by atoms with E-state index < -0.39 is 0 Å². The second-order valence-corrected chi connectivity index (χ2v) is 12.6. The van der Waals surface area contributed by atoms with Gasteiger partial charge in [-0.1, -0.05) is 146 Å². The van der Waals surface area contributed by atoms with E-state index in [4.69, 9.17) is 0 Å². The van der Waals surface area contributed by atoms with Gasteiger partial charge in [-0.05, 0) is 93.2 Å². The van der Waals surface area contributed by atoms with E-state index in [0.29, 0.717) is 0 Å². The van der Waals surface area contributed by atoms with Crippen molar-refractivity contribution in [3.63, 3.8) is 0 Å². The largest absolute Gasteiger partial charge is 0.310 e. The highest BCUT2D eigenvalue weighted by atomic mass is 15.2. The summed E-state index contributed by atoms with van der Waals surface area (Å²) in [6.45, 7) is 0. The van der Waals surface area contributed by atoms with Crippen LogP contribution in [0.5, 0.6) is 0 Å². The van der Waals surface area contributed by atoms with Crippen molar-refractivity contribution in [2.24, 2.45) is 0 Å². The number of hydrogen-bond acceptors (Lipinski definition) is 2. The molecule has 0 radical (unpaired) electrons. The van der Waals surface area contributed by atoms with Gasteiger partial charge in [-0.25, -0.2) is 0 Å². The van der Waals surface area contributed by atoms with E-state index in [9.17, 15) is 0 Å². The molecule has 0 heterocycles. The van der Waals surface area contributed by atoms with Gasteiger partial charge in [0, 0.05) is 39.4 Å². The lowest BCUT2D eigenvalue weighted by molar-refractivity contribution is 1.28. The van der Waals surface area contributed by atoms with Crippen molar-refractivity contribution in [3.05, 3.63) is 206 Å². The third kappa shape index (κ3) is 5.43. The monoisotopic (exact) mass is 638 g/mol. The smallest absolute Gasteiger partial charge is 0.0618 e. The molecule has 0 N–H and O–H groups in total. The van der Waals surface area contributed by atoms with Crippen LogP contribution in [0.1, 0.15) is 0 Å². The first-order valence-corrected chi connectivity index (χ1v) is 17.1. The highest BCUT2D eigenvalue weighted by molar-refractivity contribution is 6.07. The van der Waals surface area contributed by atoms with Gasteiger partial charge in [-0.15, -0.1) is 0 Å². The minimum absolute atomic E-state index is 1.10. The summed E-state index contributed by atoms with van der Waals surface area (Å²) in [4.78, 5) is 4.76. The number of fused-ring (bicyclic) bond motifs is 3. The maximum Gasteiger partial charge on any atom is 0.0618 e. The fourth-order valence-corrected chi connectivity index (χ4v) is 7.16. The molecular formula is C48H34N2. The van der Waals surface area contributed by atoms with Gasteiger partial charge in [0.1, 0.15) is 0 Å². The summed E-state index contributed by atoms with van der Waals surface area (Å²) >= 11 is 0. The van der Waals surface area contributed by atoms with Crippen molar-refractivity contribution in [1.82, 2.24) is 0 Å². The Kier molecular flexibility index (Phi) is 7.53. The molecule has 2 heteroatoms. The van der Waals surface area contributed by atoms with Gasteiger partial charge in [0.2, 0.25) is 0 Å². The van der Waals surface area contributed by atoms with Crippen LogP contribution < -0.4 is 9.80 Å². The fourth-order valence-electron chi connectivity index (χ4n) is 7.16. The molecule has 0 amide bonds. The van der Waals surface area contributed by atoms with E-state index in [1.807, 2.05) is 0 Å². The molecule has 0 aliphatic carbocycles. The van der Waals surface area contributed by atoms with Crippen molar-refractivity contribution in [3.8, 4) is 11.1 Å². The Bertz CT molecular complexity index is 2590. The molecule has 0 fully saturated rings. The predicted molar refractivity (Wildman–Crippen MR) is 214 cm³/mol. The molecular weight excluding hydrogens is 605 g/mol. The van der Waals surface area contributed by atoms with E-state index in [2.05, 4.69) is 216 Å². The predicted octanol–water partition coefficient (Wildman–Crippen LogP) is 13.8. The van der Waals surface area contributed by atoms with E-state index in [-0.39, 0.29) is 0 Å². The topological polar surface area (TPSA) is 6.48 Å². The average molecular weight is 639 g/mol. The zero-order valence-corrected chi connectivity index (χ0v) is 27.5. The Morgan fingerprint density at radius 3 is 1.28 bits per heavy atom. The number of para-hydroxylation sites is 2. The van der Waals surface area contributed by atoms with Crippen LogP contribution in [-0.2, 0) is 0 Å². The van der Waals surface area contributed by atoms with E-state index in [1.165, 1.54) is 37.9 Å². The molecule has 0 unspecified atom stereocenters. The quantitative estimate of drug-likeness (QED) is 0.171. The maximum atomic E-state index is 2.42. The van der Waals surface area contributed by atoms with E-state index >= 15 is 0 Å². The molecule has 9 aromatic carbocycles. The van der Waals surface area contributed by atoms with Gasteiger partial charge >= 0.3 is 0 Å². The first kappa shape index (κ1) is 29.5. The second-order valence-electron chi connectivity index (χ2n) is 12.6. The van der Waals surface area contributed by atoms with Crippen molar-refractivity contribution in [1.29, 1.82) is 0 Å². The molecule has 0 atom stereocenters. The van der Waals surface area contributed by atoms with Crippen LogP contribution in [-0.4, -0.2) is 0 Å². The number of anilines is 6. The summed E-state index contributed by atoms with van der Waals surface area (Å²) in [6.07, 6.45) is 0. The molecule has 0 saturated carbocycles. The number of rotatable bonds is 7. The molecule has 236 valence electrons. The highest BCUT2D eigenvalue weighted by Gasteiger charge is 2.21. The van der Waals surface area contributed by atoms with Crippen LogP contribution in [0, 0.1) is 0 Å². The number of benzene rings is 9. The Morgan fingerprint density at radius 2 is 0.680 bits per heavy atom. The molecule has 0 spiro atoms. The van der Waals surface area contributed by atoms with Crippen LogP contribution in [0.3, 0.4) is 0 Å². The van der Waals surface area contributed by atoms with Crippen LogP contribution in [0.25, 0.3) is 43.4 Å². The van der Waals surface area contributed by atoms with Gasteiger partial charge in [0.25, 0.3) is 0 Å². The van der Waals surface area contributed by atoms with E-state index in [1.54, 1.807) is 0 Å². The normalized spacial score (nSPS) is 11.2. The third-order valence-electron chi connectivity index (χ3n) is 9.57. The molecule has 50 heavy (non-hydrogen) atoms. The van der Waals surface area contributed by atoms with Crippen molar-refractivity contribution in [2.45, 2.75) is 0 Å². The van der Waals surface area contributed by atoms with Gasteiger partial charge in [0.05, 0.1) is 5.69 Å². The number of hydrogen-bond donors (Lipinski definition) is 0. The lowest BCUT2D eigenvalue weighted by Gasteiger charge is -2.30. The lowest BCUT2D eigenvalue weighted by Crippen LogP contribution is -2.12. The summed E-state index contributed by atoms with van der Waals surface area (Å²) < 4.78 is 0. The van der Waals surface area contributed by atoms with Crippen LogP contribution in [0.15, 0.2) is 206 Å². The molecule has 0 saturated heterocycles. The van der Waals surface area contributed by atoms with Gasteiger partial charge < -0.3 is 9.80 Å². The first-order chi connectivity index (χ1) is 24.8. The maximum absolute atomic E-state index is 2.42. The third-order valence-corrected chi connectivity index (χ3v) is 9.57. The Balaban J connectivity index is 1.22. The molecule has 0 bridgehead atoms. The van der Waals surface area contributed by atoms with Crippen molar-refractivity contribution in [2.75, 3.05) is 9.80 Å². The summed E-state index contributed by atoms with van der Waals surface area (Å²) in [6, 6.07) is 74.2. The summed E-state index contributed by atoms with van der Waals surface area (Å²) in [7, 11) is 0. The summed E-state index contributed by atoms with van der Waals surface area (Å²) in [5.41, 5.74) is 9.07. The highest BCUT2D eigenvalue weighted by Crippen LogP contribution is 2.46. The molecule has 0 aliphatic heterocycles. The number of nitrogens with zero attached hydrogens (tertiary/aromatic N) is 2. The second kappa shape index (κ2) is 12.8. The van der Waals surface area contributed by atoms with Crippen molar-refractivity contribution < 1.29 is 0 Å². The van der Waals surface area contributed by atoms with Gasteiger partial charge in [-0.2, -0.15) is 0 Å². The zero-order chi connectivity index (χ0) is 33.3. The average Bonchev–Trinajstić information content (AvgIpc) is 3.19. The minimum atomic E-state index is 1.10. The summed E-state index contributed by atoms with van der Waals surface area (Å²) in [5.74, 6) is 0. The SMILES string of the molecule is c1ccc(N(c2ccc(-c3ccc4ccccc4c3N(c3ccccc3)c3ccc4ccccc4c3)cc2)c2ccc3ccccc3c2)cc1. The van der Waals surface area contributed by atoms with Crippen LogP contribution in [0.4, 0.5) is 34.1 Å². The minimum Gasteiger partial charge on any atom is -0.310 e. The van der Waals surface area contributed by atoms with E-state index in [0.717, 1.165) is 39.7 Å². The van der Waals surface area contributed by atoms with Gasteiger partial charge in [-0.3, -0.25) is 0 Å². The first-order valence-electron chi connectivity index (χ1n) is 17.1. The Labute approximate surface area is 292 Å². The Hall–Kier alpha value is -6.64. The lowest BCUT2D eigenvalue weighted by atomic mass is 9.96. The molecule has 0 aromatic heterocycles. The molecule has 9 aromatic rings. The fraction of sp³-hybridized carbons (Fsp3) is 0. The standard InChI is InChI=1S/C48H34N2/c1-3-18-41(19-4-1)49(44-30-23-35-13-7-9-16-39(35)33-44)43-28-25-38(26-29-43)47-32-27-37-15-11-12-22-46(37)48(47)50(42-20-5-2-6-21-42)45-31-24-36-14-8-10-17-40(36)34-45/h1-34H. The van der Waals surface area contributed by atoms with Crippen LogP contribution >= 0.6 is 0 Å². The van der Waals surface area contributed by atoms with Crippen LogP contribution in [0.2, 0.25) is 0 Å². The summed E-state index contributed by atoms with van der Waals surface area (Å²) in [5, 5.41) is 7.30. The molecule has 2 nitrogen and oxygen atoms in total. The van der Waals surface area contributed by atoms with Crippen molar-refractivity contribution >= 4 is 66.4 Å².